The molecule has 1 aromatic carbocycles. The third-order valence-corrected chi connectivity index (χ3v) is 14.8. The van der Waals surface area contributed by atoms with Crippen LogP contribution < -0.4 is 0 Å². The van der Waals surface area contributed by atoms with Gasteiger partial charge in [-0.05, 0) is 0 Å². The summed E-state index contributed by atoms with van der Waals surface area (Å²) in [6.45, 7) is 14.2. The van der Waals surface area contributed by atoms with Gasteiger partial charge in [0.1, 0.15) is 0 Å². The topological polar surface area (TPSA) is 43.4 Å². The first kappa shape index (κ1) is 23.6. The second-order valence-corrected chi connectivity index (χ2v) is 16.7. The third-order valence-electron chi connectivity index (χ3n) is 4.90. The molecule has 0 aliphatic heterocycles. The van der Waals surface area contributed by atoms with Crippen molar-refractivity contribution in [1.29, 1.82) is 0 Å². The van der Waals surface area contributed by atoms with Crippen molar-refractivity contribution in [3.05, 3.63) is 29.8 Å². The second-order valence-electron chi connectivity index (χ2n) is 9.25. The van der Waals surface area contributed by atoms with E-state index in [-0.39, 0.29) is 4.90 Å². The first-order valence-electron chi connectivity index (χ1n) is 9.87. The second kappa shape index (κ2) is 8.71. The van der Waals surface area contributed by atoms with Crippen molar-refractivity contribution in [1.82, 2.24) is 0 Å². The molecule has 0 heterocycles. The van der Waals surface area contributed by atoms with Gasteiger partial charge in [0.05, 0.1) is 0 Å². The number of hydrogen-bond donors (Lipinski definition) is 0. The van der Waals surface area contributed by atoms with Crippen LogP contribution in [-0.2, 0) is 14.1 Å². The van der Waals surface area contributed by atoms with Gasteiger partial charge in [-0.3, -0.25) is 0 Å². The molecule has 5 heteroatoms. The molecule has 0 spiro atoms. The third kappa shape index (κ3) is 6.04. The Labute approximate surface area is 162 Å². The van der Waals surface area contributed by atoms with E-state index in [0.29, 0.717) is 17.8 Å². The maximum absolute atomic E-state index is 13.3. The Morgan fingerprint density at radius 2 is 1.23 bits per heavy atom. The molecule has 0 radical (unpaired) electrons. The predicted molar refractivity (Wildman–Crippen MR) is 116 cm³/mol. The average Bonchev–Trinajstić information content (AvgIpc) is 2.44. The predicted octanol–water partition coefficient (Wildman–Crippen LogP) is 6.16. The molecule has 1 aromatic rings. The summed E-state index contributed by atoms with van der Waals surface area (Å²) < 4.78 is 33.0. The molecule has 0 amide bonds. The number of hydrogen-bond acceptors (Lipinski definition) is 3. The number of benzene rings is 1. The first-order valence-corrected chi connectivity index (χ1v) is 14.2. The van der Waals surface area contributed by atoms with Crippen LogP contribution in [0.5, 0.6) is 0 Å². The molecule has 0 saturated heterocycles. The Kier molecular flexibility index (Phi) is 7.91. The van der Waals surface area contributed by atoms with Crippen molar-refractivity contribution in [2.45, 2.75) is 60.3 Å². The maximum atomic E-state index is 13.3. The van der Waals surface area contributed by atoms with Crippen LogP contribution in [-0.4, -0.2) is 33.1 Å². The molecule has 0 N–H and O–H groups in total. The van der Waals surface area contributed by atoms with Crippen molar-refractivity contribution in [2.75, 3.05) is 24.6 Å². The van der Waals surface area contributed by atoms with Crippen LogP contribution in [0.4, 0.5) is 0 Å². The first-order chi connectivity index (χ1) is 11.8. The van der Waals surface area contributed by atoms with E-state index in [1.807, 2.05) is 19.1 Å². The van der Waals surface area contributed by atoms with Gasteiger partial charge < -0.3 is 0 Å². The molecular weight excluding hydrogens is 363 g/mol. The van der Waals surface area contributed by atoms with Gasteiger partial charge in [0.15, 0.2) is 0 Å². The van der Waals surface area contributed by atoms with E-state index < -0.39 is 16.9 Å². The molecule has 3 nitrogen and oxygen atoms in total. The summed E-state index contributed by atoms with van der Waals surface area (Å²) in [5.41, 5.74) is 1.04. The molecule has 0 bridgehead atoms. The summed E-state index contributed by atoms with van der Waals surface area (Å²) in [7, 11) is -3.78. The monoisotopic (exact) mass is 402 g/mol. The van der Waals surface area contributed by atoms with Crippen LogP contribution in [0.2, 0.25) is 0 Å². The van der Waals surface area contributed by atoms with Gasteiger partial charge in [-0.25, -0.2) is 0 Å². The van der Waals surface area contributed by atoms with Gasteiger partial charge in [0.25, 0.3) is 0 Å². The molecule has 0 fully saturated rings. The Morgan fingerprint density at radius 3 is 1.54 bits per heavy atom. The summed E-state index contributed by atoms with van der Waals surface area (Å²) in [4.78, 5) is 0.279. The van der Waals surface area contributed by atoms with E-state index in [1.165, 1.54) is 0 Å². The molecule has 0 aromatic heterocycles. The van der Waals surface area contributed by atoms with Crippen molar-refractivity contribution in [2.24, 2.45) is 17.8 Å². The molecular formula is C21H39O3PS. The zero-order valence-corrected chi connectivity index (χ0v) is 19.7. The van der Waals surface area contributed by atoms with Crippen molar-refractivity contribution >= 4 is 16.9 Å². The van der Waals surface area contributed by atoms with E-state index in [1.54, 1.807) is 12.1 Å². The molecule has 0 unspecified atom stereocenters. The zero-order valence-electron chi connectivity index (χ0n) is 18.0. The summed E-state index contributed by atoms with van der Waals surface area (Å²) in [5, 5.41) is 0. The van der Waals surface area contributed by atoms with Crippen LogP contribution in [0.3, 0.4) is 0 Å². The number of rotatable bonds is 10. The van der Waals surface area contributed by atoms with Crippen LogP contribution >= 0.6 is 6.83 Å². The molecule has 0 saturated carbocycles. The van der Waals surface area contributed by atoms with Gasteiger partial charge in [-0.1, -0.05) is 0 Å². The van der Waals surface area contributed by atoms with Gasteiger partial charge in [-0.2, -0.15) is 0 Å². The average molecular weight is 403 g/mol. The minimum atomic E-state index is -3.78. The van der Waals surface area contributed by atoms with Crippen LogP contribution in [0.15, 0.2) is 29.2 Å². The normalized spacial score (nSPS) is 14.8. The fourth-order valence-electron chi connectivity index (χ4n) is 4.55. The molecule has 1 rings (SSSR count). The van der Waals surface area contributed by atoms with E-state index in [2.05, 4.69) is 48.5 Å². The van der Waals surface area contributed by atoms with Crippen molar-refractivity contribution in [3.8, 4) is 0 Å². The summed E-state index contributed by atoms with van der Waals surface area (Å²) >= 11 is 0. The summed E-state index contributed by atoms with van der Waals surface area (Å²) in [6, 6.07) is 7.02. The Bertz CT molecular complexity index is 646. The standard InChI is InChI=1S/C21H39O3PS/c1-9-25(14-17(2)3,15-18(4)5,16-19(6)7)24-26(22,23)21-12-10-20(8)11-13-21/h10-13,17-19H,9,14-16H2,1-8H3. The fourth-order valence-corrected chi connectivity index (χ4v) is 15.5. The van der Waals surface area contributed by atoms with Gasteiger partial charge in [0.2, 0.25) is 0 Å². The SMILES string of the molecule is CCP(CC(C)C)(CC(C)C)(CC(C)C)OS(=O)(=O)c1ccc(C)cc1. The number of aryl methyl sites for hydroxylation is 1. The van der Waals surface area contributed by atoms with Crippen LogP contribution in [0.25, 0.3) is 0 Å². The molecule has 0 atom stereocenters. The van der Waals surface area contributed by atoms with Crippen LogP contribution in [0.1, 0.15) is 54.0 Å². The van der Waals surface area contributed by atoms with Gasteiger partial charge in [-0.15, -0.1) is 0 Å². The Morgan fingerprint density at radius 1 is 0.846 bits per heavy atom. The van der Waals surface area contributed by atoms with E-state index in [9.17, 15) is 8.42 Å². The van der Waals surface area contributed by atoms with E-state index in [4.69, 9.17) is 3.97 Å². The van der Waals surface area contributed by atoms with Gasteiger partial charge >= 0.3 is 162 Å². The molecule has 26 heavy (non-hydrogen) atoms. The molecule has 152 valence electrons. The molecule has 0 aliphatic rings. The minimum absolute atomic E-state index is 0.279. The molecule has 0 aliphatic carbocycles. The zero-order chi connectivity index (χ0) is 20.2. The summed E-state index contributed by atoms with van der Waals surface area (Å²) in [6.07, 6.45) is 3.40. The van der Waals surface area contributed by atoms with Gasteiger partial charge in [0, 0.05) is 0 Å². The Balaban J connectivity index is 3.53. The fraction of sp³-hybridized carbons (Fsp3) is 0.714. The Hall–Kier alpha value is -0.440. The van der Waals surface area contributed by atoms with E-state index >= 15 is 0 Å². The van der Waals surface area contributed by atoms with Crippen molar-refractivity contribution in [3.63, 3.8) is 0 Å². The summed E-state index contributed by atoms with van der Waals surface area (Å²) in [5.74, 6) is 1.20. The van der Waals surface area contributed by atoms with E-state index in [0.717, 1.165) is 30.2 Å². The van der Waals surface area contributed by atoms with Crippen LogP contribution in [0, 0.1) is 24.7 Å². The quantitative estimate of drug-likeness (QED) is 0.440. The van der Waals surface area contributed by atoms with Crippen molar-refractivity contribution < 1.29 is 12.4 Å².